The summed E-state index contributed by atoms with van der Waals surface area (Å²) in [5, 5.41) is 0. The van der Waals surface area contributed by atoms with Crippen molar-refractivity contribution < 1.29 is 9.59 Å². The van der Waals surface area contributed by atoms with Gasteiger partial charge in [0.2, 0.25) is 11.8 Å². The van der Waals surface area contributed by atoms with Gasteiger partial charge in [0.15, 0.2) is 0 Å². The third kappa shape index (κ3) is 5.87. The van der Waals surface area contributed by atoms with Gasteiger partial charge in [-0.15, -0.1) is 0 Å². The van der Waals surface area contributed by atoms with Gasteiger partial charge < -0.3 is 25.5 Å². The molecule has 0 radical (unpaired) electrons. The highest BCUT2D eigenvalue weighted by Crippen LogP contribution is 2.33. The van der Waals surface area contributed by atoms with Crippen molar-refractivity contribution in [2.75, 3.05) is 13.1 Å². The maximum absolute atomic E-state index is 12.7. The third-order valence-electron chi connectivity index (χ3n) is 8.33. The quantitative estimate of drug-likeness (QED) is 0.268. The molecule has 0 saturated carbocycles. The van der Waals surface area contributed by atoms with Gasteiger partial charge in [0.1, 0.15) is 11.6 Å². The van der Waals surface area contributed by atoms with Gasteiger partial charge >= 0.3 is 0 Å². The first kappa shape index (κ1) is 27.9. The van der Waals surface area contributed by atoms with Crippen LogP contribution in [0.25, 0.3) is 33.6 Å². The Kier molecular flexibility index (Phi) is 7.93. The number of hydrogen-bond donors (Lipinski definition) is 3. The molecule has 2 unspecified atom stereocenters. The number of nitrogens with two attached hydrogens (primary N) is 1. The van der Waals surface area contributed by atoms with Crippen LogP contribution in [0.15, 0.2) is 60.9 Å². The summed E-state index contributed by atoms with van der Waals surface area (Å²) < 4.78 is 0. The highest BCUT2D eigenvalue weighted by atomic mass is 16.2. The van der Waals surface area contributed by atoms with Crippen molar-refractivity contribution in [3.05, 3.63) is 72.6 Å². The summed E-state index contributed by atoms with van der Waals surface area (Å²) in [6.45, 7) is 6.13. The van der Waals surface area contributed by atoms with Gasteiger partial charge in [-0.05, 0) is 53.9 Å². The largest absolute Gasteiger partial charge is 0.341 e. The third-order valence-corrected chi connectivity index (χ3v) is 8.33. The van der Waals surface area contributed by atoms with Gasteiger partial charge in [0.05, 0.1) is 42.4 Å². The van der Waals surface area contributed by atoms with Gasteiger partial charge in [0.25, 0.3) is 0 Å². The summed E-state index contributed by atoms with van der Waals surface area (Å²) >= 11 is 0. The minimum atomic E-state index is -0.402. The number of carbonyl (C=O) groups excluding carboxylic acids is 2. The highest BCUT2D eigenvalue weighted by Gasteiger charge is 2.32. The van der Waals surface area contributed by atoms with E-state index in [0.717, 1.165) is 84.1 Å². The molecule has 2 saturated heterocycles. The van der Waals surface area contributed by atoms with Gasteiger partial charge in [-0.2, -0.15) is 0 Å². The molecule has 2 aromatic heterocycles. The number of rotatable bonds is 8. The first-order valence-electron chi connectivity index (χ1n) is 15.0. The van der Waals surface area contributed by atoms with Crippen LogP contribution in [0, 0.1) is 5.92 Å². The molecule has 2 aliphatic rings. The minimum Gasteiger partial charge on any atom is -0.341 e. The van der Waals surface area contributed by atoms with Crippen LogP contribution in [0.4, 0.5) is 0 Å². The zero-order valence-electron chi connectivity index (χ0n) is 24.3. The summed E-state index contributed by atoms with van der Waals surface area (Å²) in [6, 6.07) is 16.4. The molecular weight excluding hydrogens is 526 g/mol. The summed E-state index contributed by atoms with van der Waals surface area (Å²) in [5.74, 6) is 2.19. The van der Waals surface area contributed by atoms with E-state index in [1.165, 1.54) is 0 Å². The Morgan fingerprint density at radius 3 is 2.14 bits per heavy atom. The molecule has 6 rings (SSSR count). The molecule has 9 heteroatoms. The van der Waals surface area contributed by atoms with Crippen LogP contribution in [0.2, 0.25) is 0 Å². The molecule has 0 aliphatic carbocycles. The molecule has 2 aromatic carbocycles. The van der Waals surface area contributed by atoms with E-state index < -0.39 is 6.04 Å². The smallest absolute Gasteiger partial charge is 0.239 e. The van der Waals surface area contributed by atoms with Crippen molar-refractivity contribution in [2.24, 2.45) is 11.7 Å². The van der Waals surface area contributed by atoms with Crippen molar-refractivity contribution in [3.63, 3.8) is 0 Å². The van der Waals surface area contributed by atoms with E-state index in [0.29, 0.717) is 18.9 Å². The lowest BCUT2D eigenvalue weighted by molar-refractivity contribution is -0.135. The monoisotopic (exact) mass is 565 g/mol. The minimum absolute atomic E-state index is 0.00316. The van der Waals surface area contributed by atoms with E-state index in [-0.39, 0.29) is 17.9 Å². The van der Waals surface area contributed by atoms with Gasteiger partial charge in [-0.1, -0.05) is 62.4 Å². The summed E-state index contributed by atoms with van der Waals surface area (Å²) in [5.41, 5.74) is 12.1. The number of carbonyl (C=O) groups is 2. The molecule has 4 aromatic rings. The standard InChI is InChI=1S/C33H39N7O2/c1-21(2)17-31(41)40-16-4-6-29(40)32-36-19-28(38-32)25-13-9-23(10-14-25)22-7-11-24(12-8-22)27-18-35-30(37-27)20-39-15-3-5-26(34)33(39)42/h7-14,18-19,21,26,29H,3-6,15-17,20,34H2,1-2H3,(H,35,37)(H,36,38). The van der Waals surface area contributed by atoms with Crippen molar-refractivity contribution in [1.29, 1.82) is 0 Å². The molecule has 42 heavy (non-hydrogen) atoms. The Morgan fingerprint density at radius 2 is 1.48 bits per heavy atom. The van der Waals surface area contributed by atoms with Crippen molar-refractivity contribution in [1.82, 2.24) is 29.7 Å². The van der Waals surface area contributed by atoms with Gasteiger partial charge in [-0.25, -0.2) is 9.97 Å². The van der Waals surface area contributed by atoms with E-state index in [9.17, 15) is 9.59 Å². The topological polar surface area (TPSA) is 124 Å². The normalized spacial score (nSPS) is 19.2. The lowest BCUT2D eigenvalue weighted by Gasteiger charge is -2.29. The van der Waals surface area contributed by atoms with E-state index in [1.54, 1.807) is 4.90 Å². The van der Waals surface area contributed by atoms with E-state index in [2.05, 4.69) is 82.3 Å². The number of piperidine rings is 1. The fourth-order valence-corrected chi connectivity index (χ4v) is 6.05. The average Bonchev–Trinajstić information content (AvgIpc) is 3.76. The average molecular weight is 566 g/mol. The maximum atomic E-state index is 12.7. The Balaban J connectivity index is 1.10. The maximum Gasteiger partial charge on any atom is 0.239 e. The Bertz CT molecular complexity index is 1540. The fraction of sp³-hybridized carbons (Fsp3) is 0.394. The number of hydrogen-bond acceptors (Lipinski definition) is 5. The highest BCUT2D eigenvalue weighted by molar-refractivity contribution is 5.82. The lowest BCUT2D eigenvalue weighted by Crippen LogP contribution is -2.47. The molecule has 9 nitrogen and oxygen atoms in total. The number of aromatic nitrogens is 4. The SMILES string of the molecule is CC(C)CC(=O)N1CCCC1c1ncc(-c2ccc(-c3ccc(-c4cnc(CN5CCCC(N)C5=O)[nH]4)cc3)cc2)[nH]1. The first-order chi connectivity index (χ1) is 20.4. The summed E-state index contributed by atoms with van der Waals surface area (Å²) in [7, 11) is 0. The first-order valence-corrected chi connectivity index (χ1v) is 15.0. The molecule has 4 N–H and O–H groups in total. The van der Waals surface area contributed by atoms with E-state index in [1.807, 2.05) is 17.3 Å². The lowest BCUT2D eigenvalue weighted by atomic mass is 10.0. The number of likely N-dealkylation sites (tertiary alicyclic amines) is 2. The predicted molar refractivity (Wildman–Crippen MR) is 163 cm³/mol. The second kappa shape index (κ2) is 11.9. The van der Waals surface area contributed by atoms with Crippen molar-refractivity contribution >= 4 is 11.8 Å². The molecule has 0 spiro atoms. The second-order valence-corrected chi connectivity index (χ2v) is 11.9. The molecule has 4 heterocycles. The molecule has 0 bridgehead atoms. The zero-order valence-corrected chi connectivity index (χ0v) is 24.3. The van der Waals surface area contributed by atoms with Crippen LogP contribution < -0.4 is 5.73 Å². The van der Waals surface area contributed by atoms with Gasteiger partial charge in [0, 0.05) is 19.5 Å². The number of H-pyrrole nitrogens is 2. The summed E-state index contributed by atoms with van der Waals surface area (Å²) in [4.78, 5) is 44.9. The zero-order chi connectivity index (χ0) is 29.2. The molecular formula is C33H39N7O2. The van der Waals surface area contributed by atoms with E-state index >= 15 is 0 Å². The number of amides is 2. The van der Waals surface area contributed by atoms with Crippen LogP contribution in [0.3, 0.4) is 0 Å². The van der Waals surface area contributed by atoms with Crippen molar-refractivity contribution in [3.8, 4) is 33.6 Å². The molecule has 2 amide bonds. The van der Waals surface area contributed by atoms with Gasteiger partial charge in [-0.3, -0.25) is 9.59 Å². The number of imidazole rings is 2. The van der Waals surface area contributed by atoms with Crippen LogP contribution in [0.1, 0.15) is 63.6 Å². The number of nitrogens with one attached hydrogen (secondary N) is 2. The fourth-order valence-electron chi connectivity index (χ4n) is 6.05. The van der Waals surface area contributed by atoms with Crippen LogP contribution in [-0.4, -0.2) is 60.7 Å². The number of nitrogens with zero attached hydrogens (tertiary/aromatic N) is 4. The molecule has 2 atom stereocenters. The Labute approximate surface area is 246 Å². The van der Waals surface area contributed by atoms with Crippen LogP contribution >= 0.6 is 0 Å². The Hall–Kier alpha value is -4.24. The molecule has 218 valence electrons. The number of aromatic amines is 2. The van der Waals surface area contributed by atoms with Crippen LogP contribution in [-0.2, 0) is 16.1 Å². The summed E-state index contributed by atoms with van der Waals surface area (Å²) in [6.07, 6.45) is 7.89. The molecule has 2 fully saturated rings. The van der Waals surface area contributed by atoms with E-state index in [4.69, 9.17) is 5.73 Å². The van der Waals surface area contributed by atoms with Crippen molar-refractivity contribution in [2.45, 2.75) is 64.6 Å². The Morgan fingerprint density at radius 1 is 0.881 bits per heavy atom. The number of benzene rings is 2. The second-order valence-electron chi connectivity index (χ2n) is 11.9. The van der Waals surface area contributed by atoms with Crippen LogP contribution in [0.5, 0.6) is 0 Å². The predicted octanol–water partition coefficient (Wildman–Crippen LogP) is 5.29. The molecule has 2 aliphatic heterocycles.